The number of nitrogens with one attached hydrogen (secondary N) is 1. The highest BCUT2D eigenvalue weighted by Crippen LogP contribution is 2.14. The summed E-state index contributed by atoms with van der Waals surface area (Å²) < 4.78 is 18.1. The van der Waals surface area contributed by atoms with Crippen molar-refractivity contribution >= 4 is 22.8 Å². The van der Waals surface area contributed by atoms with Gasteiger partial charge in [-0.1, -0.05) is 18.8 Å². The average Bonchev–Trinajstić information content (AvgIpc) is 2.86. The zero-order chi connectivity index (χ0) is 26.5. The first-order valence-corrected chi connectivity index (χ1v) is 12.3. The summed E-state index contributed by atoms with van der Waals surface area (Å²) >= 11 is 0. The number of hydrogen-bond donors (Lipinski definition) is 2. The van der Waals surface area contributed by atoms with Crippen LogP contribution in [0.5, 0.6) is 0 Å². The van der Waals surface area contributed by atoms with Gasteiger partial charge in [-0.25, -0.2) is 4.79 Å². The van der Waals surface area contributed by atoms with Crippen molar-refractivity contribution in [3.8, 4) is 11.8 Å². The molecule has 1 aromatic heterocycles. The molecule has 0 spiro atoms. The standard InChI is InChI=1S/C27H36N2O7/c1-5-14-35-19(3)20(4)36-25(30)11-12-28-13-16-34-15-7-8-21-9-10-24-22(17-21)26(31)23(27(32)33)18-29(24)6-2/h9-10,17-20,28H,5-6,11-16H2,1-4H3,(H,32,33)/t19?,20-/m1/s1. The summed E-state index contributed by atoms with van der Waals surface area (Å²) in [4.78, 5) is 35.9. The maximum absolute atomic E-state index is 12.5. The minimum Gasteiger partial charge on any atom is -0.477 e. The maximum atomic E-state index is 12.5. The molecule has 0 aliphatic rings. The highest BCUT2D eigenvalue weighted by molar-refractivity contribution is 5.92. The van der Waals surface area contributed by atoms with E-state index >= 15 is 0 Å². The number of carboxylic acid groups (broad SMARTS) is 1. The topological polar surface area (TPSA) is 116 Å². The van der Waals surface area contributed by atoms with Crippen molar-refractivity contribution in [3.63, 3.8) is 0 Å². The van der Waals surface area contributed by atoms with Crippen molar-refractivity contribution in [2.45, 2.75) is 59.3 Å². The van der Waals surface area contributed by atoms with E-state index in [0.29, 0.717) is 49.3 Å². The molecule has 0 aliphatic heterocycles. The Morgan fingerprint density at radius 3 is 2.61 bits per heavy atom. The molecule has 9 nitrogen and oxygen atoms in total. The molecule has 0 radical (unpaired) electrons. The van der Waals surface area contributed by atoms with Gasteiger partial charge in [-0.15, -0.1) is 0 Å². The first-order valence-electron chi connectivity index (χ1n) is 12.3. The van der Waals surface area contributed by atoms with Gasteiger partial charge in [0, 0.05) is 43.4 Å². The van der Waals surface area contributed by atoms with Gasteiger partial charge in [-0.2, -0.15) is 0 Å². The lowest BCUT2D eigenvalue weighted by molar-refractivity contribution is -0.155. The number of hydrogen-bond acceptors (Lipinski definition) is 7. The van der Waals surface area contributed by atoms with Gasteiger partial charge in [0.05, 0.1) is 24.6 Å². The van der Waals surface area contributed by atoms with Crippen LogP contribution < -0.4 is 10.7 Å². The van der Waals surface area contributed by atoms with E-state index in [2.05, 4.69) is 17.2 Å². The van der Waals surface area contributed by atoms with Crippen molar-refractivity contribution < 1.29 is 28.9 Å². The Balaban J connectivity index is 1.74. The Morgan fingerprint density at radius 2 is 1.92 bits per heavy atom. The zero-order valence-electron chi connectivity index (χ0n) is 21.5. The lowest BCUT2D eigenvalue weighted by Crippen LogP contribution is -2.30. The third-order valence-electron chi connectivity index (χ3n) is 5.55. The van der Waals surface area contributed by atoms with Gasteiger partial charge in [0.1, 0.15) is 18.3 Å². The molecule has 2 aromatic rings. The monoisotopic (exact) mass is 500 g/mol. The molecule has 2 rings (SSSR count). The third-order valence-corrected chi connectivity index (χ3v) is 5.55. The Kier molecular flexibility index (Phi) is 12.1. The van der Waals surface area contributed by atoms with Crippen LogP contribution in [0.2, 0.25) is 0 Å². The van der Waals surface area contributed by atoms with E-state index in [1.807, 2.05) is 27.7 Å². The molecular formula is C27H36N2O7. The van der Waals surface area contributed by atoms with Crippen LogP contribution in [0.25, 0.3) is 10.9 Å². The van der Waals surface area contributed by atoms with Gasteiger partial charge in [0.25, 0.3) is 0 Å². The smallest absolute Gasteiger partial charge is 0.341 e. The lowest BCUT2D eigenvalue weighted by Gasteiger charge is -2.20. The number of carboxylic acids is 1. The van der Waals surface area contributed by atoms with Crippen LogP contribution >= 0.6 is 0 Å². The van der Waals surface area contributed by atoms with Crippen molar-refractivity contribution in [3.05, 3.63) is 45.7 Å². The fourth-order valence-corrected chi connectivity index (χ4v) is 3.41. The molecule has 0 saturated heterocycles. The molecular weight excluding hydrogens is 464 g/mol. The van der Waals surface area contributed by atoms with Crippen LogP contribution in [-0.2, 0) is 25.5 Å². The summed E-state index contributed by atoms with van der Waals surface area (Å²) in [6.07, 6.45) is 2.12. The van der Waals surface area contributed by atoms with E-state index in [4.69, 9.17) is 14.2 Å². The normalized spacial score (nSPS) is 12.6. The van der Waals surface area contributed by atoms with Crippen LogP contribution in [0, 0.1) is 11.8 Å². The second-order valence-corrected chi connectivity index (χ2v) is 8.32. The fraction of sp³-hybridized carbons (Fsp3) is 0.519. The SMILES string of the molecule is CCCOC(C)[C@@H](C)OC(=O)CCNCCOCC#Cc1ccc2c(c1)c(=O)c(C(=O)O)cn2CC. The largest absolute Gasteiger partial charge is 0.477 e. The van der Waals surface area contributed by atoms with E-state index < -0.39 is 11.4 Å². The number of aryl methyl sites for hydroxylation is 1. The number of fused-ring (bicyclic) bond motifs is 1. The highest BCUT2D eigenvalue weighted by Gasteiger charge is 2.17. The van der Waals surface area contributed by atoms with Gasteiger partial charge in [0.15, 0.2) is 0 Å². The molecule has 2 N–H and O–H groups in total. The van der Waals surface area contributed by atoms with Crippen LogP contribution in [-0.4, -0.2) is 66.7 Å². The van der Waals surface area contributed by atoms with E-state index in [1.165, 1.54) is 6.20 Å². The Morgan fingerprint density at radius 1 is 1.14 bits per heavy atom. The zero-order valence-corrected chi connectivity index (χ0v) is 21.5. The number of benzene rings is 1. The summed E-state index contributed by atoms with van der Waals surface area (Å²) in [7, 11) is 0. The molecule has 0 aliphatic carbocycles. The first-order chi connectivity index (χ1) is 17.3. The minimum atomic E-state index is -1.25. The molecule has 196 valence electrons. The predicted molar refractivity (Wildman–Crippen MR) is 137 cm³/mol. The summed E-state index contributed by atoms with van der Waals surface area (Å²) in [5, 5.41) is 12.8. The average molecular weight is 501 g/mol. The van der Waals surface area contributed by atoms with Crippen molar-refractivity contribution in [1.82, 2.24) is 9.88 Å². The Labute approximate surface area is 211 Å². The molecule has 2 atom stereocenters. The van der Waals surface area contributed by atoms with Gasteiger partial charge in [-0.05, 0) is 45.4 Å². The molecule has 0 fully saturated rings. The summed E-state index contributed by atoms with van der Waals surface area (Å²) in [5.74, 6) is 4.32. The summed E-state index contributed by atoms with van der Waals surface area (Å²) in [6.45, 7) is 10.5. The molecule has 0 amide bonds. The fourth-order valence-electron chi connectivity index (χ4n) is 3.41. The Bertz CT molecular complexity index is 1150. The van der Waals surface area contributed by atoms with E-state index in [9.17, 15) is 19.5 Å². The van der Waals surface area contributed by atoms with E-state index in [-0.39, 0.29) is 36.8 Å². The van der Waals surface area contributed by atoms with Gasteiger partial charge >= 0.3 is 11.9 Å². The highest BCUT2D eigenvalue weighted by atomic mass is 16.6. The van der Waals surface area contributed by atoms with Crippen molar-refractivity contribution in [1.29, 1.82) is 0 Å². The van der Waals surface area contributed by atoms with Crippen LogP contribution in [0.4, 0.5) is 0 Å². The molecule has 36 heavy (non-hydrogen) atoms. The molecule has 1 heterocycles. The van der Waals surface area contributed by atoms with Gasteiger partial charge in [0.2, 0.25) is 5.43 Å². The summed E-state index contributed by atoms with van der Waals surface area (Å²) in [5.41, 5.74) is 0.487. The number of pyridine rings is 1. The molecule has 1 unspecified atom stereocenters. The maximum Gasteiger partial charge on any atom is 0.341 e. The second kappa shape index (κ2) is 15.0. The number of nitrogens with zero attached hydrogens (tertiary/aromatic N) is 1. The van der Waals surface area contributed by atoms with Crippen LogP contribution in [0.1, 0.15) is 56.5 Å². The number of aromatic nitrogens is 1. The molecule has 0 saturated carbocycles. The molecule has 0 bridgehead atoms. The van der Waals surface area contributed by atoms with E-state index in [1.54, 1.807) is 22.8 Å². The number of aromatic carboxylic acids is 1. The predicted octanol–water partition coefficient (Wildman–Crippen LogP) is 2.81. The number of carbonyl (C=O) groups excluding carboxylic acids is 1. The number of carbonyl (C=O) groups is 2. The first kappa shape index (κ1) is 29.0. The van der Waals surface area contributed by atoms with Gasteiger partial charge < -0.3 is 29.2 Å². The Hall–Kier alpha value is -3.19. The van der Waals surface area contributed by atoms with Gasteiger partial charge in [-0.3, -0.25) is 9.59 Å². The van der Waals surface area contributed by atoms with Crippen molar-refractivity contribution in [2.24, 2.45) is 0 Å². The quantitative estimate of drug-likeness (QED) is 0.231. The lowest BCUT2D eigenvalue weighted by atomic mass is 10.1. The summed E-state index contributed by atoms with van der Waals surface area (Å²) in [6, 6.07) is 5.17. The number of esters is 1. The van der Waals surface area contributed by atoms with Crippen molar-refractivity contribution in [2.75, 3.05) is 32.9 Å². The van der Waals surface area contributed by atoms with Crippen LogP contribution in [0.15, 0.2) is 29.2 Å². The van der Waals surface area contributed by atoms with E-state index in [0.717, 1.165) is 6.42 Å². The second-order valence-electron chi connectivity index (χ2n) is 8.32. The third kappa shape index (κ3) is 8.79. The number of rotatable bonds is 14. The number of ether oxygens (including phenoxy) is 3. The minimum absolute atomic E-state index is 0.136. The molecule has 9 heteroatoms. The van der Waals surface area contributed by atoms with Crippen LogP contribution in [0.3, 0.4) is 0 Å². The molecule has 1 aromatic carbocycles.